The van der Waals surface area contributed by atoms with Gasteiger partial charge in [0.1, 0.15) is 0 Å². The third kappa shape index (κ3) is 3.45. The highest BCUT2D eigenvalue weighted by molar-refractivity contribution is 5.20. The van der Waals surface area contributed by atoms with Crippen molar-refractivity contribution in [1.29, 1.82) is 0 Å². The minimum Gasteiger partial charge on any atom is -0.334 e. The first-order valence-electron chi connectivity index (χ1n) is 6.07. The van der Waals surface area contributed by atoms with Crippen LogP contribution in [0.3, 0.4) is 0 Å². The van der Waals surface area contributed by atoms with Crippen LogP contribution in [0.5, 0.6) is 0 Å². The summed E-state index contributed by atoms with van der Waals surface area (Å²) in [6, 6.07) is 10.5. The molecule has 1 aromatic heterocycles. The van der Waals surface area contributed by atoms with E-state index in [-0.39, 0.29) is 5.41 Å². The van der Waals surface area contributed by atoms with Gasteiger partial charge in [0, 0.05) is 24.9 Å². The van der Waals surface area contributed by atoms with E-state index in [1.807, 2.05) is 12.5 Å². The van der Waals surface area contributed by atoms with Gasteiger partial charge in [-0.05, 0) is 11.0 Å². The van der Waals surface area contributed by atoms with E-state index in [0.29, 0.717) is 0 Å². The van der Waals surface area contributed by atoms with Crippen LogP contribution in [0, 0.1) is 5.41 Å². The van der Waals surface area contributed by atoms with E-state index in [1.165, 1.54) is 11.3 Å². The molecule has 0 saturated heterocycles. The zero-order valence-electron chi connectivity index (χ0n) is 10.9. The Morgan fingerprint density at radius 1 is 1.12 bits per heavy atom. The Kier molecular flexibility index (Phi) is 3.32. The molecular formula is C15H20N2. The number of hydrogen-bond acceptors (Lipinski definition) is 1. The second-order valence-corrected chi connectivity index (χ2v) is 5.74. The molecule has 2 aromatic rings. The molecule has 1 aromatic carbocycles. The smallest absolute Gasteiger partial charge is 0.0948 e. The molecule has 2 heteroatoms. The number of imidazole rings is 1. The van der Waals surface area contributed by atoms with Gasteiger partial charge in [-0.1, -0.05) is 51.1 Å². The van der Waals surface area contributed by atoms with Crippen molar-refractivity contribution in [3.8, 4) is 0 Å². The van der Waals surface area contributed by atoms with E-state index in [9.17, 15) is 0 Å². The van der Waals surface area contributed by atoms with Gasteiger partial charge in [0.25, 0.3) is 0 Å². The van der Waals surface area contributed by atoms with Crippen LogP contribution in [-0.2, 0) is 13.0 Å². The highest BCUT2D eigenvalue weighted by atomic mass is 15.0. The Morgan fingerprint density at radius 3 is 2.47 bits per heavy atom. The lowest BCUT2D eigenvalue weighted by atomic mass is 9.96. The maximum absolute atomic E-state index is 4.27. The van der Waals surface area contributed by atoms with Crippen LogP contribution in [0.2, 0.25) is 0 Å². The van der Waals surface area contributed by atoms with Crippen LogP contribution in [-0.4, -0.2) is 9.55 Å². The fraction of sp³-hybridized carbons (Fsp3) is 0.400. The van der Waals surface area contributed by atoms with Crippen molar-refractivity contribution in [2.45, 2.75) is 33.7 Å². The van der Waals surface area contributed by atoms with Gasteiger partial charge in [0.05, 0.1) is 6.33 Å². The van der Waals surface area contributed by atoms with E-state index in [4.69, 9.17) is 0 Å². The average Bonchev–Trinajstić information content (AvgIpc) is 2.65. The van der Waals surface area contributed by atoms with Crippen LogP contribution in [0.25, 0.3) is 0 Å². The molecule has 0 bridgehead atoms. The first kappa shape index (κ1) is 11.9. The van der Waals surface area contributed by atoms with Gasteiger partial charge in [-0.3, -0.25) is 0 Å². The first-order chi connectivity index (χ1) is 8.04. The normalized spacial score (nSPS) is 11.7. The molecule has 0 atom stereocenters. The number of hydrogen-bond donors (Lipinski definition) is 0. The van der Waals surface area contributed by atoms with E-state index >= 15 is 0 Å². The van der Waals surface area contributed by atoms with Crippen LogP contribution in [0.4, 0.5) is 0 Å². The summed E-state index contributed by atoms with van der Waals surface area (Å²) < 4.78 is 2.26. The lowest BCUT2D eigenvalue weighted by Gasteiger charge is -2.20. The number of nitrogens with zero attached hydrogens (tertiary/aromatic N) is 2. The van der Waals surface area contributed by atoms with Gasteiger partial charge in [-0.2, -0.15) is 0 Å². The predicted octanol–water partition coefficient (Wildman–Crippen LogP) is 3.52. The fourth-order valence-electron chi connectivity index (χ4n) is 1.95. The third-order valence-electron chi connectivity index (χ3n) is 2.67. The van der Waals surface area contributed by atoms with E-state index < -0.39 is 0 Å². The lowest BCUT2D eigenvalue weighted by molar-refractivity contribution is 0.339. The first-order valence-corrected chi connectivity index (χ1v) is 6.07. The topological polar surface area (TPSA) is 17.8 Å². The summed E-state index contributed by atoms with van der Waals surface area (Å²) in [7, 11) is 0. The number of rotatable bonds is 3. The standard InChI is InChI=1S/C15H20N2/c1-15(2,3)11-17-12-16-10-14(17)9-13-7-5-4-6-8-13/h4-8,10,12H,9,11H2,1-3H3. The molecule has 0 aliphatic heterocycles. The summed E-state index contributed by atoms with van der Waals surface area (Å²) >= 11 is 0. The molecule has 1 heterocycles. The van der Waals surface area contributed by atoms with Crippen LogP contribution in [0.1, 0.15) is 32.0 Å². The molecule has 2 rings (SSSR count). The molecule has 0 saturated carbocycles. The van der Waals surface area contributed by atoms with Crippen molar-refractivity contribution in [2.24, 2.45) is 5.41 Å². The Morgan fingerprint density at radius 2 is 1.82 bits per heavy atom. The summed E-state index contributed by atoms with van der Waals surface area (Å²) in [5, 5.41) is 0. The van der Waals surface area contributed by atoms with Crippen LogP contribution < -0.4 is 0 Å². The fourth-order valence-corrected chi connectivity index (χ4v) is 1.95. The largest absolute Gasteiger partial charge is 0.334 e. The van der Waals surface area contributed by atoms with Gasteiger partial charge >= 0.3 is 0 Å². The Bertz CT molecular complexity index is 463. The predicted molar refractivity (Wildman–Crippen MR) is 70.9 cm³/mol. The molecule has 17 heavy (non-hydrogen) atoms. The average molecular weight is 228 g/mol. The lowest BCUT2D eigenvalue weighted by Crippen LogP contribution is -2.16. The zero-order valence-corrected chi connectivity index (χ0v) is 10.9. The van der Waals surface area contributed by atoms with E-state index in [1.54, 1.807) is 0 Å². The van der Waals surface area contributed by atoms with Crippen molar-refractivity contribution >= 4 is 0 Å². The third-order valence-corrected chi connectivity index (χ3v) is 2.67. The van der Waals surface area contributed by atoms with Crippen molar-refractivity contribution in [3.05, 3.63) is 54.1 Å². The molecule has 0 spiro atoms. The highest BCUT2D eigenvalue weighted by Crippen LogP contribution is 2.18. The minimum atomic E-state index is 0.284. The van der Waals surface area contributed by atoms with Crippen molar-refractivity contribution in [3.63, 3.8) is 0 Å². The summed E-state index contributed by atoms with van der Waals surface area (Å²) in [6.07, 6.45) is 4.86. The van der Waals surface area contributed by atoms with Crippen molar-refractivity contribution in [1.82, 2.24) is 9.55 Å². The van der Waals surface area contributed by atoms with Crippen molar-refractivity contribution < 1.29 is 0 Å². The van der Waals surface area contributed by atoms with Crippen LogP contribution in [0.15, 0.2) is 42.9 Å². The van der Waals surface area contributed by atoms with Gasteiger partial charge < -0.3 is 4.57 Å². The Labute approximate surface area is 103 Å². The molecule has 0 aliphatic carbocycles. The summed E-state index contributed by atoms with van der Waals surface area (Å²) in [6.45, 7) is 7.76. The Balaban J connectivity index is 2.15. The quantitative estimate of drug-likeness (QED) is 0.786. The molecule has 0 amide bonds. The number of aromatic nitrogens is 2. The van der Waals surface area contributed by atoms with Gasteiger partial charge in [-0.15, -0.1) is 0 Å². The Hall–Kier alpha value is -1.57. The molecular weight excluding hydrogens is 208 g/mol. The molecule has 90 valence electrons. The van der Waals surface area contributed by atoms with Gasteiger partial charge in [0.15, 0.2) is 0 Å². The SMILES string of the molecule is CC(C)(C)Cn1cncc1Cc1ccccc1. The van der Waals surface area contributed by atoms with Crippen molar-refractivity contribution in [2.75, 3.05) is 0 Å². The number of benzene rings is 1. The monoisotopic (exact) mass is 228 g/mol. The molecule has 2 nitrogen and oxygen atoms in total. The van der Waals surface area contributed by atoms with Gasteiger partial charge in [-0.25, -0.2) is 4.98 Å². The van der Waals surface area contributed by atoms with E-state index in [0.717, 1.165) is 13.0 Å². The molecule has 0 unspecified atom stereocenters. The van der Waals surface area contributed by atoms with Gasteiger partial charge in [0.2, 0.25) is 0 Å². The summed E-state index contributed by atoms with van der Waals surface area (Å²) in [5.74, 6) is 0. The highest BCUT2D eigenvalue weighted by Gasteiger charge is 2.13. The molecule has 0 fully saturated rings. The zero-order chi connectivity index (χ0) is 12.3. The maximum Gasteiger partial charge on any atom is 0.0948 e. The minimum absolute atomic E-state index is 0.284. The molecule has 0 N–H and O–H groups in total. The molecule has 0 radical (unpaired) electrons. The second kappa shape index (κ2) is 4.74. The molecule has 0 aliphatic rings. The van der Waals surface area contributed by atoms with E-state index in [2.05, 4.69) is 60.7 Å². The maximum atomic E-state index is 4.27. The summed E-state index contributed by atoms with van der Waals surface area (Å²) in [4.78, 5) is 4.27. The second-order valence-electron chi connectivity index (χ2n) is 5.74. The van der Waals surface area contributed by atoms with Crippen LogP contribution >= 0.6 is 0 Å². The summed E-state index contributed by atoms with van der Waals surface area (Å²) in [5.41, 5.74) is 2.90.